The first-order chi connectivity index (χ1) is 12.5. The number of nitrogens with zero attached hydrogens (tertiary/aromatic N) is 3. The van der Waals surface area contributed by atoms with E-state index < -0.39 is 0 Å². The molecule has 0 fully saturated rings. The zero-order valence-electron chi connectivity index (χ0n) is 15.1. The summed E-state index contributed by atoms with van der Waals surface area (Å²) in [4.78, 5) is 25.7. The van der Waals surface area contributed by atoms with E-state index in [0.717, 1.165) is 38.1 Å². The van der Waals surface area contributed by atoms with Gasteiger partial charge in [0, 0.05) is 17.8 Å². The smallest absolute Gasteiger partial charge is 0.226 e. The lowest BCUT2D eigenvalue weighted by Crippen LogP contribution is -2.13. The number of hydrogen-bond acceptors (Lipinski definition) is 7. The number of aromatic nitrogens is 3. The molecule has 3 rings (SSSR count). The standard InChI is InChI=1S/C18H20N4O2S2/c1-10-13(11(2)20-17(19-10)25-4)6-8-16(23)22-18-21-14-7-5-12(24-3)9-15(14)26-18/h5,7,9H,6,8H2,1-4H3,(H,21,22,23). The van der Waals surface area contributed by atoms with Crippen molar-refractivity contribution in [3.8, 4) is 5.75 Å². The van der Waals surface area contributed by atoms with Gasteiger partial charge >= 0.3 is 0 Å². The van der Waals surface area contributed by atoms with Crippen LogP contribution in [0, 0.1) is 13.8 Å². The quantitative estimate of drug-likeness (QED) is 0.508. The fourth-order valence-electron chi connectivity index (χ4n) is 2.67. The maximum Gasteiger partial charge on any atom is 0.226 e. The molecule has 2 aromatic heterocycles. The van der Waals surface area contributed by atoms with Gasteiger partial charge in [0.2, 0.25) is 5.91 Å². The summed E-state index contributed by atoms with van der Waals surface area (Å²) in [6.07, 6.45) is 2.93. The summed E-state index contributed by atoms with van der Waals surface area (Å²) in [5.74, 6) is 0.711. The van der Waals surface area contributed by atoms with E-state index in [4.69, 9.17) is 4.74 Å². The minimum atomic E-state index is -0.0660. The van der Waals surface area contributed by atoms with Crippen molar-refractivity contribution in [1.29, 1.82) is 0 Å². The Hall–Kier alpha value is -2.19. The van der Waals surface area contributed by atoms with E-state index in [1.807, 2.05) is 38.3 Å². The van der Waals surface area contributed by atoms with Gasteiger partial charge in [0.15, 0.2) is 10.3 Å². The van der Waals surface area contributed by atoms with Gasteiger partial charge in [-0.05, 0) is 50.3 Å². The zero-order valence-corrected chi connectivity index (χ0v) is 16.8. The van der Waals surface area contributed by atoms with Crippen molar-refractivity contribution in [3.05, 3.63) is 35.2 Å². The Kier molecular flexibility index (Phi) is 5.73. The summed E-state index contributed by atoms with van der Waals surface area (Å²) >= 11 is 2.96. The van der Waals surface area contributed by atoms with Crippen molar-refractivity contribution in [2.24, 2.45) is 0 Å². The number of rotatable bonds is 6. The van der Waals surface area contributed by atoms with Gasteiger partial charge in [0.1, 0.15) is 5.75 Å². The van der Waals surface area contributed by atoms with Crippen molar-refractivity contribution in [2.45, 2.75) is 31.8 Å². The molecule has 0 saturated heterocycles. The van der Waals surface area contributed by atoms with Gasteiger partial charge in [-0.1, -0.05) is 23.1 Å². The SMILES string of the molecule is COc1ccc2nc(NC(=O)CCc3c(C)nc(SC)nc3C)sc2c1. The molecule has 6 nitrogen and oxygen atoms in total. The van der Waals surface area contributed by atoms with E-state index in [-0.39, 0.29) is 5.91 Å². The number of aryl methyl sites for hydroxylation is 2. The third-order valence-electron chi connectivity index (χ3n) is 4.03. The molecular weight excluding hydrogens is 368 g/mol. The lowest BCUT2D eigenvalue weighted by atomic mass is 10.1. The van der Waals surface area contributed by atoms with Crippen molar-refractivity contribution in [3.63, 3.8) is 0 Å². The second kappa shape index (κ2) is 8.01. The molecule has 2 heterocycles. The lowest BCUT2D eigenvalue weighted by Gasteiger charge is -2.09. The Labute approximate surface area is 160 Å². The van der Waals surface area contributed by atoms with E-state index in [1.165, 1.54) is 23.1 Å². The van der Waals surface area contributed by atoms with Crippen LogP contribution in [0.3, 0.4) is 0 Å². The molecule has 8 heteroatoms. The molecule has 0 aliphatic carbocycles. The Bertz CT molecular complexity index is 933. The highest BCUT2D eigenvalue weighted by Gasteiger charge is 2.12. The third kappa shape index (κ3) is 4.13. The number of ether oxygens (including phenoxy) is 1. The van der Waals surface area contributed by atoms with Gasteiger partial charge in [0.05, 0.1) is 17.3 Å². The summed E-state index contributed by atoms with van der Waals surface area (Å²) < 4.78 is 6.20. The van der Waals surface area contributed by atoms with Gasteiger partial charge in [-0.3, -0.25) is 4.79 Å². The summed E-state index contributed by atoms with van der Waals surface area (Å²) in [5, 5.41) is 4.24. The normalized spacial score (nSPS) is 10.9. The van der Waals surface area contributed by atoms with E-state index in [1.54, 1.807) is 7.11 Å². The lowest BCUT2D eigenvalue weighted by molar-refractivity contribution is -0.116. The largest absolute Gasteiger partial charge is 0.497 e. The van der Waals surface area contributed by atoms with Gasteiger partial charge in [-0.15, -0.1) is 0 Å². The number of carbonyl (C=O) groups is 1. The summed E-state index contributed by atoms with van der Waals surface area (Å²) in [5.41, 5.74) is 3.74. The van der Waals surface area contributed by atoms with Gasteiger partial charge < -0.3 is 10.1 Å². The van der Waals surface area contributed by atoms with Crippen LogP contribution in [0.4, 0.5) is 5.13 Å². The van der Waals surface area contributed by atoms with Gasteiger partial charge in [0.25, 0.3) is 0 Å². The topological polar surface area (TPSA) is 77.0 Å². The summed E-state index contributed by atoms with van der Waals surface area (Å²) in [7, 11) is 1.63. The molecule has 0 aliphatic rings. The van der Waals surface area contributed by atoms with Gasteiger partial charge in [-0.2, -0.15) is 0 Å². The first kappa shape index (κ1) is 18.6. The monoisotopic (exact) mass is 388 g/mol. The molecule has 0 aliphatic heterocycles. The first-order valence-corrected chi connectivity index (χ1v) is 10.2. The molecule has 0 bridgehead atoms. The molecular formula is C18H20N4O2S2. The zero-order chi connectivity index (χ0) is 18.7. The molecule has 3 aromatic rings. The van der Waals surface area contributed by atoms with Crippen LogP contribution in [0.5, 0.6) is 5.75 Å². The van der Waals surface area contributed by atoms with Crippen LogP contribution < -0.4 is 10.1 Å². The van der Waals surface area contributed by atoms with Crippen LogP contribution in [0.2, 0.25) is 0 Å². The molecule has 136 valence electrons. The number of carbonyl (C=O) groups excluding carboxylic acids is 1. The van der Waals surface area contributed by atoms with Crippen LogP contribution in [0.1, 0.15) is 23.4 Å². The molecule has 0 atom stereocenters. The Balaban J connectivity index is 1.66. The molecule has 0 spiro atoms. The first-order valence-electron chi connectivity index (χ1n) is 8.12. The molecule has 26 heavy (non-hydrogen) atoms. The number of amides is 1. The van der Waals surface area contributed by atoms with E-state index >= 15 is 0 Å². The fraction of sp³-hybridized carbons (Fsp3) is 0.333. The van der Waals surface area contributed by atoms with Crippen molar-refractivity contribution < 1.29 is 9.53 Å². The summed E-state index contributed by atoms with van der Waals surface area (Å²) in [6.45, 7) is 3.92. The van der Waals surface area contributed by atoms with E-state index in [9.17, 15) is 4.79 Å². The van der Waals surface area contributed by atoms with Crippen LogP contribution in [0.15, 0.2) is 23.4 Å². The highest BCUT2D eigenvalue weighted by Crippen LogP contribution is 2.29. The number of nitrogens with one attached hydrogen (secondary N) is 1. The van der Waals surface area contributed by atoms with Crippen LogP contribution in [-0.2, 0) is 11.2 Å². The van der Waals surface area contributed by atoms with Crippen molar-refractivity contribution >= 4 is 44.4 Å². The number of thiazole rings is 1. The Morgan fingerprint density at radius 3 is 2.62 bits per heavy atom. The van der Waals surface area contributed by atoms with Gasteiger partial charge in [-0.25, -0.2) is 15.0 Å². The predicted molar refractivity (Wildman–Crippen MR) is 106 cm³/mol. The van der Waals surface area contributed by atoms with Crippen LogP contribution in [0.25, 0.3) is 10.2 Å². The molecule has 0 radical (unpaired) electrons. The number of hydrogen-bond donors (Lipinski definition) is 1. The minimum absolute atomic E-state index is 0.0660. The van der Waals surface area contributed by atoms with Crippen molar-refractivity contribution in [1.82, 2.24) is 15.0 Å². The minimum Gasteiger partial charge on any atom is -0.497 e. The fourth-order valence-corrected chi connectivity index (χ4v) is 4.03. The van der Waals surface area contributed by atoms with Crippen LogP contribution >= 0.6 is 23.1 Å². The maximum absolute atomic E-state index is 12.3. The van der Waals surface area contributed by atoms with E-state index in [2.05, 4.69) is 20.3 Å². The van der Waals surface area contributed by atoms with E-state index in [0.29, 0.717) is 18.0 Å². The van der Waals surface area contributed by atoms with Crippen LogP contribution in [-0.4, -0.2) is 34.2 Å². The number of methoxy groups -OCH3 is 1. The highest BCUT2D eigenvalue weighted by molar-refractivity contribution is 7.98. The highest BCUT2D eigenvalue weighted by atomic mass is 32.2. The number of benzene rings is 1. The number of anilines is 1. The molecule has 1 amide bonds. The molecule has 1 aromatic carbocycles. The predicted octanol–water partition coefficient (Wildman–Crippen LogP) is 4.00. The Morgan fingerprint density at radius 1 is 1.23 bits per heavy atom. The second-order valence-electron chi connectivity index (χ2n) is 5.76. The average Bonchev–Trinajstić information content (AvgIpc) is 3.01. The third-order valence-corrected chi connectivity index (χ3v) is 5.51. The Morgan fingerprint density at radius 2 is 1.96 bits per heavy atom. The molecule has 1 N–H and O–H groups in total. The maximum atomic E-state index is 12.3. The molecule has 0 saturated carbocycles. The second-order valence-corrected chi connectivity index (χ2v) is 7.56. The average molecular weight is 389 g/mol. The summed E-state index contributed by atoms with van der Waals surface area (Å²) in [6, 6.07) is 5.66. The molecule has 0 unspecified atom stereocenters. The number of thioether (sulfide) groups is 1. The van der Waals surface area contributed by atoms with Crippen molar-refractivity contribution in [2.75, 3.05) is 18.7 Å². The number of fused-ring (bicyclic) bond motifs is 1.